The largest absolute Gasteiger partial charge is 0.316 e. The molecule has 0 bridgehead atoms. The smallest absolute Gasteiger partial charge is 0.00175 e. The molecule has 1 heteroatoms. The van der Waals surface area contributed by atoms with E-state index >= 15 is 0 Å². The van der Waals surface area contributed by atoms with Crippen molar-refractivity contribution in [3.8, 4) is 12.8 Å². The van der Waals surface area contributed by atoms with E-state index in [4.69, 9.17) is 0 Å². The van der Waals surface area contributed by atoms with E-state index < -0.39 is 0 Å². The lowest BCUT2D eigenvalue weighted by molar-refractivity contribution is 0.411. The number of aryl methyl sites for hydroxylation is 1. The minimum atomic E-state index is 0.917. The Kier molecular flexibility index (Phi) is 15.4. The molecule has 1 N–H and O–H groups in total. The van der Waals surface area contributed by atoms with Gasteiger partial charge >= 0.3 is 0 Å². The van der Waals surface area contributed by atoms with Crippen LogP contribution in [0, 0.1) is 30.6 Å². The third kappa shape index (κ3) is 11.1. The first-order chi connectivity index (χ1) is 12.2. The Hall–Kier alpha value is -1.26. The summed E-state index contributed by atoms with van der Waals surface area (Å²) in [4.78, 5) is 0. The van der Waals surface area contributed by atoms with Crippen molar-refractivity contribution >= 4 is 0 Å². The summed E-state index contributed by atoms with van der Waals surface area (Å²) in [6.07, 6.45) is 17.4. The van der Waals surface area contributed by atoms with Gasteiger partial charge in [0.1, 0.15) is 0 Å². The van der Waals surface area contributed by atoms with Crippen LogP contribution in [0.1, 0.15) is 71.8 Å². The summed E-state index contributed by atoms with van der Waals surface area (Å²) in [5, 5.41) is 3.37. The van der Waals surface area contributed by atoms with Crippen LogP contribution in [0.4, 0.5) is 0 Å². The van der Waals surface area contributed by atoms with Crippen molar-refractivity contribution in [2.24, 2.45) is 17.8 Å². The summed E-state index contributed by atoms with van der Waals surface area (Å²) in [5.41, 5.74) is 1.50. The second-order valence-electron chi connectivity index (χ2n) is 7.27. The molecule has 2 unspecified atom stereocenters. The number of nitrogens with one attached hydrogen (secondary N) is 1. The van der Waals surface area contributed by atoms with Crippen LogP contribution in [-0.2, 0) is 6.42 Å². The highest BCUT2D eigenvalue weighted by molar-refractivity contribution is 5.14. The molecule has 1 aromatic rings. The quantitative estimate of drug-likeness (QED) is 0.543. The fourth-order valence-corrected chi connectivity index (χ4v) is 3.68. The summed E-state index contributed by atoms with van der Waals surface area (Å²) in [7, 11) is 0. The van der Waals surface area contributed by atoms with E-state index in [9.17, 15) is 0 Å². The Morgan fingerprint density at radius 3 is 1.96 bits per heavy atom. The molecule has 25 heavy (non-hydrogen) atoms. The van der Waals surface area contributed by atoms with E-state index in [1.54, 1.807) is 0 Å². The fraction of sp³-hybridized carbons (Fsp3) is 0.667. The lowest BCUT2D eigenvalue weighted by atomic mass is 9.91. The highest BCUT2D eigenvalue weighted by Crippen LogP contribution is 2.20. The minimum absolute atomic E-state index is 0.917. The van der Waals surface area contributed by atoms with Crippen LogP contribution < -0.4 is 5.32 Å². The Balaban J connectivity index is 0.000000483. The molecule has 1 heterocycles. The van der Waals surface area contributed by atoms with Crippen LogP contribution in [0.2, 0.25) is 0 Å². The molecule has 1 nitrogen and oxygen atoms in total. The molecule has 1 aromatic carbocycles. The van der Waals surface area contributed by atoms with Gasteiger partial charge < -0.3 is 5.32 Å². The van der Waals surface area contributed by atoms with Gasteiger partial charge in [-0.3, -0.25) is 0 Å². The highest BCUT2D eigenvalue weighted by atomic mass is 14.9. The molecule has 0 saturated carbocycles. The van der Waals surface area contributed by atoms with Crippen molar-refractivity contribution < 1.29 is 0 Å². The molecule has 0 aromatic heterocycles. The molecule has 0 radical (unpaired) electrons. The van der Waals surface area contributed by atoms with Crippen LogP contribution >= 0.6 is 0 Å². The fourth-order valence-electron chi connectivity index (χ4n) is 3.68. The maximum Gasteiger partial charge on any atom is -0.00175 e. The van der Waals surface area contributed by atoms with Crippen molar-refractivity contribution in [2.45, 2.75) is 72.6 Å². The van der Waals surface area contributed by atoms with E-state index in [-0.39, 0.29) is 0 Å². The summed E-state index contributed by atoms with van der Waals surface area (Å²) in [6, 6.07) is 10.9. The Labute approximate surface area is 158 Å². The van der Waals surface area contributed by atoms with Gasteiger partial charge in [-0.25, -0.2) is 0 Å². The Morgan fingerprint density at radius 2 is 1.56 bits per heavy atom. The predicted molar refractivity (Wildman–Crippen MR) is 114 cm³/mol. The first kappa shape index (κ1) is 23.7. The molecule has 2 atom stereocenters. The van der Waals surface area contributed by atoms with Gasteiger partial charge in [-0.1, -0.05) is 90.1 Å². The van der Waals surface area contributed by atoms with E-state index in [0.29, 0.717) is 0 Å². The molecule has 1 fully saturated rings. The molecule has 0 spiro atoms. The van der Waals surface area contributed by atoms with E-state index in [1.165, 1.54) is 63.6 Å². The van der Waals surface area contributed by atoms with Crippen molar-refractivity contribution in [3.05, 3.63) is 35.9 Å². The molecular formula is C24H41N. The highest BCUT2D eigenvalue weighted by Gasteiger charge is 2.20. The summed E-state index contributed by atoms with van der Waals surface area (Å²) in [6.45, 7) is 11.7. The van der Waals surface area contributed by atoms with Crippen LogP contribution in [0.5, 0.6) is 0 Å². The van der Waals surface area contributed by atoms with Crippen LogP contribution in [0.25, 0.3) is 0 Å². The van der Waals surface area contributed by atoms with Crippen LogP contribution in [0.3, 0.4) is 0 Å². The number of benzene rings is 1. The minimum Gasteiger partial charge on any atom is -0.316 e. The molecule has 142 valence electrons. The average Bonchev–Trinajstić information content (AvgIpc) is 3.08. The SMILES string of the molecule is C#C.CCC1CNCC1C.CCCC(CCC)CCc1ccccc1. The van der Waals surface area contributed by atoms with Crippen molar-refractivity contribution in [2.75, 3.05) is 13.1 Å². The molecule has 1 saturated heterocycles. The second kappa shape index (κ2) is 16.2. The monoisotopic (exact) mass is 343 g/mol. The van der Waals surface area contributed by atoms with Gasteiger partial charge in [0.05, 0.1) is 0 Å². The van der Waals surface area contributed by atoms with E-state index in [2.05, 4.69) is 76.2 Å². The normalized spacial score (nSPS) is 18.8. The standard InChI is InChI=1S/C15H24.C7H15N.C2H2/c1-3-8-14(9-4-2)12-13-15-10-6-5-7-11-15;1-3-7-5-8-4-6(7)2;1-2/h5-7,10-11,14H,3-4,8-9,12-13H2,1-2H3;6-8H,3-5H2,1-2H3;1-2H. The maximum atomic E-state index is 4.00. The second-order valence-corrected chi connectivity index (χ2v) is 7.27. The number of hydrogen-bond acceptors (Lipinski definition) is 1. The van der Waals surface area contributed by atoms with Gasteiger partial charge in [0, 0.05) is 0 Å². The third-order valence-electron chi connectivity index (χ3n) is 5.28. The van der Waals surface area contributed by atoms with Crippen molar-refractivity contribution in [3.63, 3.8) is 0 Å². The van der Waals surface area contributed by atoms with E-state index in [1.807, 2.05) is 0 Å². The molecule has 0 amide bonds. The zero-order valence-corrected chi connectivity index (χ0v) is 17.1. The zero-order valence-electron chi connectivity index (χ0n) is 17.1. The Morgan fingerprint density at radius 1 is 0.960 bits per heavy atom. The van der Waals surface area contributed by atoms with Gasteiger partial charge in [0.25, 0.3) is 0 Å². The first-order valence-corrected chi connectivity index (χ1v) is 10.3. The van der Waals surface area contributed by atoms with Gasteiger partial charge in [-0.05, 0) is 49.2 Å². The lowest BCUT2D eigenvalue weighted by Crippen LogP contribution is -2.07. The summed E-state index contributed by atoms with van der Waals surface area (Å²) in [5.74, 6) is 2.82. The molecule has 1 aliphatic rings. The summed E-state index contributed by atoms with van der Waals surface area (Å²) >= 11 is 0. The number of rotatable bonds is 8. The predicted octanol–water partition coefficient (Wildman–Crippen LogP) is 6.34. The van der Waals surface area contributed by atoms with Crippen LogP contribution in [0.15, 0.2) is 30.3 Å². The maximum absolute atomic E-state index is 4.00. The summed E-state index contributed by atoms with van der Waals surface area (Å²) < 4.78 is 0. The lowest BCUT2D eigenvalue weighted by Gasteiger charge is -2.14. The zero-order chi connectivity index (χ0) is 18.9. The third-order valence-corrected chi connectivity index (χ3v) is 5.28. The number of terminal acetylenes is 1. The van der Waals surface area contributed by atoms with E-state index in [0.717, 1.165) is 17.8 Å². The van der Waals surface area contributed by atoms with Gasteiger partial charge in [0.15, 0.2) is 0 Å². The average molecular weight is 344 g/mol. The molecule has 0 aliphatic carbocycles. The number of hydrogen-bond donors (Lipinski definition) is 1. The first-order valence-electron chi connectivity index (χ1n) is 10.3. The molecule has 1 aliphatic heterocycles. The van der Waals surface area contributed by atoms with Crippen molar-refractivity contribution in [1.82, 2.24) is 5.32 Å². The van der Waals surface area contributed by atoms with Crippen molar-refractivity contribution in [1.29, 1.82) is 0 Å². The topological polar surface area (TPSA) is 12.0 Å². The Bertz CT molecular complexity index is 403. The molecular weight excluding hydrogens is 302 g/mol. The van der Waals surface area contributed by atoms with Gasteiger partial charge in [-0.2, -0.15) is 0 Å². The van der Waals surface area contributed by atoms with Gasteiger partial charge in [-0.15, -0.1) is 12.8 Å². The van der Waals surface area contributed by atoms with Crippen LogP contribution in [-0.4, -0.2) is 13.1 Å². The molecule has 2 rings (SSSR count). The van der Waals surface area contributed by atoms with Gasteiger partial charge in [0.2, 0.25) is 0 Å².